The van der Waals surface area contributed by atoms with Crippen molar-refractivity contribution in [1.29, 1.82) is 0 Å². The summed E-state index contributed by atoms with van der Waals surface area (Å²) in [6.07, 6.45) is 1.26. The van der Waals surface area contributed by atoms with Crippen LogP contribution in [0.1, 0.15) is 29.6 Å². The van der Waals surface area contributed by atoms with E-state index < -0.39 is 23.8 Å². The molecule has 2 rings (SSSR count). The third kappa shape index (κ3) is 3.15. The molecule has 0 radical (unpaired) electrons. The number of carboxylic acid groups (broad SMARTS) is 2. The molecule has 1 aromatic carbocycles. The fraction of sp³-hybridized carbons (Fsp3) is 0.385. The van der Waals surface area contributed by atoms with E-state index in [0.29, 0.717) is 12.3 Å². The van der Waals surface area contributed by atoms with Gasteiger partial charge in [0, 0.05) is 0 Å². The molecule has 0 bridgehead atoms. The Morgan fingerprint density at radius 3 is 2.53 bits per heavy atom. The van der Waals surface area contributed by atoms with Crippen LogP contribution in [0.2, 0.25) is 0 Å². The molecule has 0 unspecified atom stereocenters. The summed E-state index contributed by atoms with van der Waals surface area (Å²) in [5, 5.41) is 27.7. The Kier molecular flexibility index (Phi) is 3.59. The van der Waals surface area contributed by atoms with Crippen molar-refractivity contribution in [2.75, 3.05) is 0 Å². The molecule has 102 valence electrons. The van der Waals surface area contributed by atoms with E-state index in [1.165, 1.54) is 18.2 Å². The largest absolute Gasteiger partial charge is 0.504 e. The van der Waals surface area contributed by atoms with E-state index in [1.54, 1.807) is 0 Å². The molecule has 6 heteroatoms. The van der Waals surface area contributed by atoms with Crippen molar-refractivity contribution >= 4 is 11.9 Å². The maximum absolute atomic E-state index is 11.1. The third-order valence-electron chi connectivity index (χ3n) is 3.02. The Morgan fingerprint density at radius 2 is 2.00 bits per heavy atom. The van der Waals surface area contributed by atoms with E-state index in [2.05, 4.69) is 0 Å². The van der Waals surface area contributed by atoms with Gasteiger partial charge in [-0.15, -0.1) is 0 Å². The standard InChI is InChI=1S/C13H14O6/c14-11-8(12(15)16)2-1-3-9(11)19-10(13(17)18)6-7-4-5-7/h1-3,7,10,14H,4-6H2,(H,15,16)(H,17,18)/t10-/m0/s1. The van der Waals surface area contributed by atoms with E-state index in [0.717, 1.165) is 12.8 Å². The minimum absolute atomic E-state index is 0.118. The van der Waals surface area contributed by atoms with E-state index in [9.17, 15) is 14.7 Å². The Labute approximate surface area is 109 Å². The second kappa shape index (κ2) is 5.17. The molecule has 1 saturated carbocycles. The van der Waals surface area contributed by atoms with Gasteiger partial charge < -0.3 is 20.1 Å². The van der Waals surface area contributed by atoms with E-state index in [-0.39, 0.29) is 11.3 Å². The van der Waals surface area contributed by atoms with Crippen molar-refractivity contribution in [3.05, 3.63) is 23.8 Å². The van der Waals surface area contributed by atoms with Crippen LogP contribution in [0.25, 0.3) is 0 Å². The Morgan fingerprint density at radius 1 is 1.32 bits per heavy atom. The van der Waals surface area contributed by atoms with Crippen LogP contribution < -0.4 is 4.74 Å². The Hall–Kier alpha value is -2.24. The molecule has 1 fully saturated rings. The van der Waals surface area contributed by atoms with E-state index >= 15 is 0 Å². The number of rotatable bonds is 6. The summed E-state index contributed by atoms with van der Waals surface area (Å²) in [4.78, 5) is 21.9. The minimum atomic E-state index is -1.29. The topological polar surface area (TPSA) is 104 Å². The highest BCUT2D eigenvalue weighted by molar-refractivity contribution is 5.91. The maximum atomic E-state index is 11.1. The number of hydrogen-bond acceptors (Lipinski definition) is 4. The smallest absolute Gasteiger partial charge is 0.344 e. The zero-order chi connectivity index (χ0) is 14.0. The van der Waals surface area contributed by atoms with Gasteiger partial charge in [0.05, 0.1) is 0 Å². The van der Waals surface area contributed by atoms with Crippen molar-refractivity contribution in [1.82, 2.24) is 0 Å². The van der Waals surface area contributed by atoms with Crippen molar-refractivity contribution in [3.63, 3.8) is 0 Å². The number of para-hydroxylation sites is 1. The fourth-order valence-corrected chi connectivity index (χ4v) is 1.80. The third-order valence-corrected chi connectivity index (χ3v) is 3.02. The van der Waals surface area contributed by atoms with Crippen molar-refractivity contribution in [3.8, 4) is 11.5 Å². The Balaban J connectivity index is 2.18. The molecule has 0 aliphatic heterocycles. The van der Waals surface area contributed by atoms with Gasteiger partial charge in [0.15, 0.2) is 17.6 Å². The number of aromatic hydroxyl groups is 1. The first-order valence-corrected chi connectivity index (χ1v) is 5.93. The normalized spacial score (nSPS) is 15.8. The number of carbonyl (C=O) groups is 2. The summed E-state index contributed by atoms with van der Waals surface area (Å²) in [6, 6.07) is 3.97. The Bertz CT molecular complexity index is 506. The second-order valence-corrected chi connectivity index (χ2v) is 4.58. The number of carboxylic acids is 2. The van der Waals surface area contributed by atoms with Gasteiger partial charge in [0.2, 0.25) is 0 Å². The number of hydrogen-bond donors (Lipinski definition) is 3. The first kappa shape index (κ1) is 13.2. The molecule has 0 spiro atoms. The molecule has 1 aliphatic rings. The van der Waals surface area contributed by atoms with E-state index in [1.807, 2.05) is 0 Å². The highest BCUT2D eigenvalue weighted by atomic mass is 16.5. The molecule has 0 heterocycles. The van der Waals surface area contributed by atoms with E-state index in [4.69, 9.17) is 14.9 Å². The van der Waals surface area contributed by atoms with Crippen molar-refractivity contribution < 1.29 is 29.6 Å². The molecular formula is C13H14O6. The van der Waals surface area contributed by atoms with Crippen LogP contribution in [-0.4, -0.2) is 33.4 Å². The average molecular weight is 266 g/mol. The van der Waals surface area contributed by atoms with Gasteiger partial charge in [-0.3, -0.25) is 0 Å². The highest BCUT2D eigenvalue weighted by Gasteiger charge is 2.31. The van der Waals surface area contributed by atoms with Gasteiger partial charge in [0.1, 0.15) is 5.56 Å². The number of aromatic carboxylic acids is 1. The zero-order valence-electron chi connectivity index (χ0n) is 10.1. The predicted octanol–water partition coefficient (Wildman–Crippen LogP) is 1.72. The molecule has 3 N–H and O–H groups in total. The quantitative estimate of drug-likeness (QED) is 0.724. The molecule has 1 aliphatic carbocycles. The van der Waals surface area contributed by atoms with Crippen LogP contribution in [-0.2, 0) is 4.79 Å². The van der Waals surface area contributed by atoms with Crippen LogP contribution in [0.5, 0.6) is 11.5 Å². The number of aliphatic carboxylic acids is 1. The molecule has 0 amide bonds. The predicted molar refractivity (Wildman–Crippen MR) is 64.5 cm³/mol. The summed E-state index contributed by atoms with van der Waals surface area (Å²) in [6.45, 7) is 0. The fourth-order valence-electron chi connectivity index (χ4n) is 1.80. The lowest BCUT2D eigenvalue weighted by Crippen LogP contribution is -2.27. The molecule has 1 aromatic rings. The second-order valence-electron chi connectivity index (χ2n) is 4.58. The summed E-state index contributed by atoms with van der Waals surface area (Å²) >= 11 is 0. The monoisotopic (exact) mass is 266 g/mol. The summed E-state index contributed by atoms with van der Waals surface area (Å²) in [7, 11) is 0. The van der Waals surface area contributed by atoms with Crippen LogP contribution >= 0.6 is 0 Å². The van der Waals surface area contributed by atoms with Gasteiger partial charge >= 0.3 is 11.9 Å². The molecule has 0 saturated heterocycles. The molecule has 0 aromatic heterocycles. The van der Waals surface area contributed by atoms with Gasteiger partial charge in [-0.2, -0.15) is 0 Å². The number of phenols is 1. The maximum Gasteiger partial charge on any atom is 0.344 e. The minimum Gasteiger partial charge on any atom is -0.504 e. The average Bonchev–Trinajstić information content (AvgIpc) is 3.14. The summed E-state index contributed by atoms with van der Waals surface area (Å²) in [5.74, 6) is -2.74. The van der Waals surface area contributed by atoms with Gasteiger partial charge in [-0.1, -0.05) is 18.9 Å². The van der Waals surface area contributed by atoms with Crippen molar-refractivity contribution in [2.45, 2.75) is 25.4 Å². The molecule has 19 heavy (non-hydrogen) atoms. The molecular weight excluding hydrogens is 252 g/mol. The lowest BCUT2D eigenvalue weighted by atomic mass is 10.1. The zero-order valence-corrected chi connectivity index (χ0v) is 10.1. The molecule has 6 nitrogen and oxygen atoms in total. The van der Waals surface area contributed by atoms with Crippen molar-refractivity contribution in [2.24, 2.45) is 5.92 Å². The highest BCUT2D eigenvalue weighted by Crippen LogP contribution is 2.36. The van der Waals surface area contributed by atoms with Gasteiger partial charge in [-0.25, -0.2) is 9.59 Å². The van der Waals surface area contributed by atoms with Crippen LogP contribution in [0.3, 0.4) is 0 Å². The lowest BCUT2D eigenvalue weighted by molar-refractivity contribution is -0.145. The lowest BCUT2D eigenvalue weighted by Gasteiger charge is -2.16. The number of ether oxygens (including phenoxy) is 1. The number of benzene rings is 1. The molecule has 1 atom stereocenters. The summed E-state index contributed by atoms with van der Waals surface area (Å²) < 4.78 is 5.24. The van der Waals surface area contributed by atoms with Crippen LogP contribution in [0, 0.1) is 5.92 Å². The SMILES string of the molecule is O=C(O)c1cccc(O[C@@H](CC2CC2)C(=O)O)c1O. The van der Waals surface area contributed by atoms with Gasteiger partial charge in [0.25, 0.3) is 0 Å². The van der Waals surface area contributed by atoms with Crippen LogP contribution in [0.4, 0.5) is 0 Å². The summed E-state index contributed by atoms with van der Waals surface area (Å²) in [5.41, 5.74) is -0.312. The van der Waals surface area contributed by atoms with Crippen LogP contribution in [0.15, 0.2) is 18.2 Å². The van der Waals surface area contributed by atoms with Gasteiger partial charge in [-0.05, 0) is 24.5 Å². The first-order chi connectivity index (χ1) is 8.99. The first-order valence-electron chi connectivity index (χ1n) is 5.93.